The van der Waals surface area contributed by atoms with Crippen LogP contribution in [-0.2, 0) is 0 Å². The molecule has 1 unspecified atom stereocenters. The third-order valence-corrected chi connectivity index (χ3v) is 3.77. The Morgan fingerprint density at radius 3 is 2.56 bits per heavy atom. The molecule has 2 heteroatoms. The van der Waals surface area contributed by atoms with E-state index in [1.165, 1.54) is 18.4 Å². The van der Waals surface area contributed by atoms with Crippen LogP contribution in [-0.4, -0.2) is 19.2 Å². The van der Waals surface area contributed by atoms with Crippen LogP contribution in [0.2, 0.25) is 0 Å². The fourth-order valence-corrected chi connectivity index (χ4v) is 2.47. The van der Waals surface area contributed by atoms with E-state index in [-0.39, 0.29) is 6.04 Å². The SMILES string of the molecule is C#CC(CC)NC1CC(c2ccc(OC)cc2)C1. The maximum Gasteiger partial charge on any atom is 0.118 e. The molecule has 96 valence electrons. The molecule has 0 aliphatic heterocycles. The lowest BCUT2D eigenvalue weighted by Gasteiger charge is -2.37. The summed E-state index contributed by atoms with van der Waals surface area (Å²) in [6.45, 7) is 2.12. The van der Waals surface area contributed by atoms with Crippen molar-refractivity contribution in [2.24, 2.45) is 0 Å². The van der Waals surface area contributed by atoms with Crippen molar-refractivity contribution in [1.29, 1.82) is 0 Å². The first-order valence-corrected chi connectivity index (χ1v) is 6.63. The van der Waals surface area contributed by atoms with Crippen LogP contribution in [0.1, 0.15) is 37.7 Å². The first kappa shape index (κ1) is 13.0. The van der Waals surface area contributed by atoms with Crippen LogP contribution >= 0.6 is 0 Å². The van der Waals surface area contributed by atoms with E-state index in [9.17, 15) is 0 Å². The minimum Gasteiger partial charge on any atom is -0.497 e. The molecule has 0 radical (unpaired) electrons. The highest BCUT2D eigenvalue weighted by atomic mass is 16.5. The summed E-state index contributed by atoms with van der Waals surface area (Å²) in [5.74, 6) is 4.39. The first-order chi connectivity index (χ1) is 8.76. The van der Waals surface area contributed by atoms with Gasteiger partial charge in [0.15, 0.2) is 0 Å². The third-order valence-electron chi connectivity index (χ3n) is 3.77. The number of benzene rings is 1. The van der Waals surface area contributed by atoms with Crippen LogP contribution in [0.15, 0.2) is 24.3 Å². The second-order valence-corrected chi connectivity index (χ2v) is 4.93. The van der Waals surface area contributed by atoms with Gasteiger partial charge in [0, 0.05) is 6.04 Å². The number of rotatable bonds is 5. The molecule has 1 aliphatic carbocycles. The van der Waals surface area contributed by atoms with E-state index in [1.807, 2.05) is 12.1 Å². The number of hydrogen-bond donors (Lipinski definition) is 1. The summed E-state index contributed by atoms with van der Waals surface area (Å²) >= 11 is 0. The average Bonchev–Trinajstić information content (AvgIpc) is 2.38. The molecule has 18 heavy (non-hydrogen) atoms. The molecule has 1 N–H and O–H groups in total. The third kappa shape index (κ3) is 2.86. The molecule has 0 amide bonds. The van der Waals surface area contributed by atoms with Crippen LogP contribution in [0.4, 0.5) is 0 Å². The van der Waals surface area contributed by atoms with Gasteiger partial charge in [-0.2, -0.15) is 0 Å². The molecule has 0 heterocycles. The number of nitrogens with one attached hydrogen (secondary N) is 1. The van der Waals surface area contributed by atoms with Crippen molar-refractivity contribution in [3.05, 3.63) is 29.8 Å². The zero-order chi connectivity index (χ0) is 13.0. The topological polar surface area (TPSA) is 21.3 Å². The van der Waals surface area contributed by atoms with Crippen LogP contribution in [0.25, 0.3) is 0 Å². The second kappa shape index (κ2) is 5.93. The van der Waals surface area contributed by atoms with E-state index in [0.29, 0.717) is 12.0 Å². The first-order valence-electron chi connectivity index (χ1n) is 6.63. The van der Waals surface area contributed by atoms with Gasteiger partial charge in [-0.05, 0) is 42.9 Å². The highest BCUT2D eigenvalue weighted by molar-refractivity contribution is 5.31. The van der Waals surface area contributed by atoms with Gasteiger partial charge in [-0.25, -0.2) is 0 Å². The fraction of sp³-hybridized carbons (Fsp3) is 0.500. The quantitative estimate of drug-likeness (QED) is 0.803. The Morgan fingerprint density at radius 2 is 2.06 bits per heavy atom. The maximum absolute atomic E-state index is 5.46. The smallest absolute Gasteiger partial charge is 0.118 e. The molecule has 0 spiro atoms. The largest absolute Gasteiger partial charge is 0.497 e. The minimum absolute atomic E-state index is 0.229. The Kier molecular flexibility index (Phi) is 4.28. The van der Waals surface area contributed by atoms with Crippen LogP contribution < -0.4 is 10.1 Å². The molecule has 1 aliphatic rings. The average molecular weight is 243 g/mol. The van der Waals surface area contributed by atoms with Crippen molar-refractivity contribution in [3.63, 3.8) is 0 Å². The highest BCUT2D eigenvalue weighted by Gasteiger charge is 2.30. The summed E-state index contributed by atoms with van der Waals surface area (Å²) in [4.78, 5) is 0. The maximum atomic E-state index is 5.46. The van der Waals surface area contributed by atoms with Gasteiger partial charge in [-0.1, -0.05) is 25.0 Å². The van der Waals surface area contributed by atoms with Gasteiger partial charge in [0.05, 0.1) is 13.2 Å². The summed E-state index contributed by atoms with van der Waals surface area (Å²) in [5.41, 5.74) is 1.41. The molecule has 0 aromatic heterocycles. The van der Waals surface area contributed by atoms with E-state index in [0.717, 1.165) is 12.2 Å². The molecule has 1 aromatic rings. The monoisotopic (exact) mass is 243 g/mol. The zero-order valence-corrected chi connectivity index (χ0v) is 11.1. The van der Waals surface area contributed by atoms with Crippen molar-refractivity contribution < 1.29 is 4.74 Å². The van der Waals surface area contributed by atoms with E-state index in [4.69, 9.17) is 11.2 Å². The minimum atomic E-state index is 0.229. The molecule has 0 bridgehead atoms. The molecule has 1 aromatic carbocycles. The van der Waals surface area contributed by atoms with Crippen molar-refractivity contribution in [2.75, 3.05) is 7.11 Å². The molecular formula is C16H21NO. The van der Waals surface area contributed by atoms with Crippen molar-refractivity contribution in [3.8, 4) is 18.1 Å². The van der Waals surface area contributed by atoms with Crippen molar-refractivity contribution >= 4 is 0 Å². The second-order valence-electron chi connectivity index (χ2n) is 4.93. The predicted molar refractivity (Wildman–Crippen MR) is 74.8 cm³/mol. The predicted octanol–water partition coefficient (Wildman–Crippen LogP) is 2.94. The molecule has 1 fully saturated rings. The lowest BCUT2D eigenvalue weighted by atomic mass is 9.75. The Hall–Kier alpha value is -1.46. The van der Waals surface area contributed by atoms with Crippen molar-refractivity contribution in [1.82, 2.24) is 5.32 Å². The molecule has 2 rings (SSSR count). The number of hydrogen-bond acceptors (Lipinski definition) is 2. The van der Waals surface area contributed by atoms with Crippen LogP contribution in [0.3, 0.4) is 0 Å². The fourth-order valence-electron chi connectivity index (χ4n) is 2.47. The Labute approximate surface area is 110 Å². The van der Waals surface area contributed by atoms with Gasteiger partial charge in [-0.15, -0.1) is 6.42 Å². The molecule has 1 atom stereocenters. The standard InChI is InChI=1S/C16H21NO/c1-4-14(5-2)17-15-10-13(11-15)12-6-8-16(18-3)9-7-12/h1,6-9,13-15,17H,5,10-11H2,2-3H3. The zero-order valence-electron chi connectivity index (χ0n) is 11.1. The lowest BCUT2D eigenvalue weighted by Crippen LogP contribution is -2.44. The molecule has 0 saturated heterocycles. The van der Waals surface area contributed by atoms with E-state index in [1.54, 1.807) is 7.11 Å². The number of ether oxygens (including phenoxy) is 1. The van der Waals surface area contributed by atoms with E-state index in [2.05, 4.69) is 30.3 Å². The molecule has 1 saturated carbocycles. The van der Waals surface area contributed by atoms with E-state index >= 15 is 0 Å². The van der Waals surface area contributed by atoms with Gasteiger partial charge >= 0.3 is 0 Å². The highest BCUT2D eigenvalue weighted by Crippen LogP contribution is 2.37. The van der Waals surface area contributed by atoms with Crippen LogP contribution in [0, 0.1) is 12.3 Å². The molecule has 2 nitrogen and oxygen atoms in total. The van der Waals surface area contributed by atoms with Gasteiger partial charge < -0.3 is 10.1 Å². The van der Waals surface area contributed by atoms with Gasteiger partial charge in [0.25, 0.3) is 0 Å². The number of terminal acetylenes is 1. The lowest BCUT2D eigenvalue weighted by molar-refractivity contribution is 0.278. The summed E-state index contributed by atoms with van der Waals surface area (Å²) in [7, 11) is 1.70. The Balaban J connectivity index is 1.83. The van der Waals surface area contributed by atoms with Crippen molar-refractivity contribution in [2.45, 2.75) is 44.2 Å². The summed E-state index contributed by atoms with van der Waals surface area (Å²) in [5, 5.41) is 3.51. The Morgan fingerprint density at radius 1 is 1.39 bits per heavy atom. The Bertz CT molecular complexity index is 412. The van der Waals surface area contributed by atoms with Gasteiger partial charge in [-0.3, -0.25) is 0 Å². The van der Waals surface area contributed by atoms with Crippen LogP contribution in [0.5, 0.6) is 5.75 Å². The van der Waals surface area contributed by atoms with Gasteiger partial charge in [0.1, 0.15) is 5.75 Å². The van der Waals surface area contributed by atoms with E-state index < -0.39 is 0 Å². The number of methoxy groups -OCH3 is 1. The normalized spacial score (nSPS) is 23.8. The molecular weight excluding hydrogens is 222 g/mol. The summed E-state index contributed by atoms with van der Waals surface area (Å²) < 4.78 is 5.17. The summed E-state index contributed by atoms with van der Waals surface area (Å²) in [6.07, 6.45) is 8.83. The summed E-state index contributed by atoms with van der Waals surface area (Å²) in [6, 6.07) is 9.21. The van der Waals surface area contributed by atoms with Gasteiger partial charge in [0.2, 0.25) is 0 Å².